The summed E-state index contributed by atoms with van der Waals surface area (Å²) < 4.78 is 5.30. The monoisotopic (exact) mass is 302 g/mol. The highest BCUT2D eigenvalue weighted by Gasteiger charge is 2.15. The number of ketones is 1. The van der Waals surface area contributed by atoms with E-state index in [2.05, 4.69) is 32.9 Å². The average molecular weight is 302 g/mol. The molecule has 0 aliphatic carbocycles. The minimum absolute atomic E-state index is 0.0280. The summed E-state index contributed by atoms with van der Waals surface area (Å²) in [6.07, 6.45) is 6.85. The second-order valence-electron chi connectivity index (χ2n) is 5.77. The van der Waals surface area contributed by atoms with Gasteiger partial charge in [-0.25, -0.2) is 0 Å². The highest BCUT2D eigenvalue weighted by atomic mass is 16.5. The molecule has 0 saturated carbocycles. The Labute approximate surface area is 133 Å². The molecule has 0 aromatic heterocycles. The van der Waals surface area contributed by atoms with Crippen molar-refractivity contribution in [3.05, 3.63) is 46.6 Å². The molecule has 0 aliphatic rings. The normalized spacial score (nSPS) is 11.2. The van der Waals surface area contributed by atoms with Crippen molar-refractivity contribution in [3.8, 4) is 11.5 Å². The fraction of sp³-hybridized carbons (Fsp3) is 0.421. The number of aromatic hydroxyl groups is 1. The van der Waals surface area contributed by atoms with E-state index in [1.165, 1.54) is 18.1 Å². The number of hydrogen-bond donors (Lipinski definition) is 1. The summed E-state index contributed by atoms with van der Waals surface area (Å²) in [6.45, 7) is 7.72. The first-order chi connectivity index (χ1) is 10.4. The zero-order valence-corrected chi connectivity index (χ0v) is 14.2. The zero-order valence-electron chi connectivity index (χ0n) is 14.2. The van der Waals surface area contributed by atoms with Crippen molar-refractivity contribution in [1.82, 2.24) is 0 Å². The van der Waals surface area contributed by atoms with Crippen molar-refractivity contribution in [2.75, 3.05) is 7.11 Å². The Bertz CT molecular complexity index is 591. The summed E-state index contributed by atoms with van der Waals surface area (Å²) in [5, 5.41) is 10.3. The fourth-order valence-corrected chi connectivity index (χ4v) is 2.26. The predicted molar refractivity (Wildman–Crippen MR) is 90.8 cm³/mol. The van der Waals surface area contributed by atoms with Gasteiger partial charge in [-0.3, -0.25) is 4.79 Å². The second-order valence-corrected chi connectivity index (χ2v) is 5.77. The number of carbonyl (C=O) groups is 1. The summed E-state index contributed by atoms with van der Waals surface area (Å²) in [5.41, 5.74) is 3.58. The molecule has 0 spiro atoms. The van der Waals surface area contributed by atoms with Crippen LogP contribution in [0.2, 0.25) is 0 Å². The van der Waals surface area contributed by atoms with Gasteiger partial charge < -0.3 is 9.84 Å². The Morgan fingerprint density at radius 2 is 1.86 bits per heavy atom. The molecule has 0 amide bonds. The van der Waals surface area contributed by atoms with E-state index in [0.717, 1.165) is 12.8 Å². The Morgan fingerprint density at radius 1 is 1.18 bits per heavy atom. The highest BCUT2D eigenvalue weighted by molar-refractivity contribution is 5.97. The predicted octanol–water partition coefficient (Wildman–Crippen LogP) is 4.84. The molecule has 0 fully saturated rings. The molecule has 1 rings (SSSR count). The van der Waals surface area contributed by atoms with E-state index in [0.29, 0.717) is 23.3 Å². The van der Waals surface area contributed by atoms with Gasteiger partial charge >= 0.3 is 0 Å². The van der Waals surface area contributed by atoms with Gasteiger partial charge in [0.1, 0.15) is 11.5 Å². The topological polar surface area (TPSA) is 46.5 Å². The molecule has 0 unspecified atom stereocenters. The molecular formula is C19H26O3. The molecule has 1 aromatic rings. The first-order valence-corrected chi connectivity index (χ1v) is 7.55. The third kappa shape index (κ3) is 5.06. The number of phenols is 1. The quantitative estimate of drug-likeness (QED) is 0.579. The fourth-order valence-electron chi connectivity index (χ4n) is 2.26. The number of ether oxygens (including phenoxy) is 1. The summed E-state index contributed by atoms with van der Waals surface area (Å²) in [6, 6.07) is 3.34. The van der Waals surface area contributed by atoms with Gasteiger partial charge in [0.2, 0.25) is 0 Å². The number of phenolic OH excluding ortho intramolecular Hbond substituents is 1. The van der Waals surface area contributed by atoms with Gasteiger partial charge in [0.05, 0.1) is 12.7 Å². The molecule has 0 saturated heterocycles. The van der Waals surface area contributed by atoms with Crippen LogP contribution in [0, 0.1) is 0 Å². The lowest BCUT2D eigenvalue weighted by atomic mass is 10.0. The van der Waals surface area contributed by atoms with Crippen molar-refractivity contribution in [2.45, 2.75) is 47.0 Å². The van der Waals surface area contributed by atoms with Gasteiger partial charge in [0.25, 0.3) is 0 Å². The van der Waals surface area contributed by atoms with Crippen LogP contribution in [0.15, 0.2) is 35.4 Å². The van der Waals surface area contributed by atoms with E-state index < -0.39 is 0 Å². The second kappa shape index (κ2) is 8.42. The molecule has 1 aromatic carbocycles. The Balaban J connectivity index is 2.94. The Hall–Kier alpha value is -2.03. The highest BCUT2D eigenvalue weighted by Crippen LogP contribution is 2.32. The zero-order chi connectivity index (χ0) is 16.7. The number of rotatable bonds is 7. The number of methoxy groups -OCH3 is 1. The minimum Gasteiger partial charge on any atom is -0.507 e. The van der Waals surface area contributed by atoms with E-state index in [1.54, 1.807) is 19.2 Å². The molecule has 0 heterocycles. The number of hydrogen-bond acceptors (Lipinski definition) is 3. The van der Waals surface area contributed by atoms with E-state index in [1.807, 2.05) is 0 Å². The number of Topliss-reactive ketones (excluding diaryl/α,β-unsaturated/α-hetero) is 1. The SMILES string of the molecule is COc1ccc(C(C)=O)c(O)c1CC=C(C)CCC=C(C)C. The van der Waals surface area contributed by atoms with Crippen LogP contribution in [0.3, 0.4) is 0 Å². The van der Waals surface area contributed by atoms with Crippen LogP contribution >= 0.6 is 0 Å². The maximum atomic E-state index is 11.5. The summed E-state index contributed by atoms with van der Waals surface area (Å²) in [7, 11) is 1.57. The molecule has 3 nitrogen and oxygen atoms in total. The Morgan fingerprint density at radius 3 is 2.41 bits per heavy atom. The van der Waals surface area contributed by atoms with Crippen LogP contribution in [0.1, 0.15) is 56.5 Å². The van der Waals surface area contributed by atoms with Crippen molar-refractivity contribution in [1.29, 1.82) is 0 Å². The van der Waals surface area contributed by atoms with E-state index in [4.69, 9.17) is 4.74 Å². The van der Waals surface area contributed by atoms with Crippen molar-refractivity contribution in [2.24, 2.45) is 0 Å². The van der Waals surface area contributed by atoms with Gasteiger partial charge in [-0.2, -0.15) is 0 Å². The molecule has 22 heavy (non-hydrogen) atoms. The molecule has 0 atom stereocenters. The number of carbonyl (C=O) groups excluding carboxylic acids is 1. The van der Waals surface area contributed by atoms with E-state index >= 15 is 0 Å². The first kappa shape index (κ1) is 18.0. The van der Waals surface area contributed by atoms with Gasteiger partial charge in [0.15, 0.2) is 5.78 Å². The van der Waals surface area contributed by atoms with Gasteiger partial charge in [-0.15, -0.1) is 0 Å². The minimum atomic E-state index is -0.148. The van der Waals surface area contributed by atoms with Gasteiger partial charge in [-0.05, 0) is 59.1 Å². The molecule has 3 heteroatoms. The van der Waals surface area contributed by atoms with Crippen molar-refractivity contribution in [3.63, 3.8) is 0 Å². The average Bonchev–Trinajstić information content (AvgIpc) is 2.44. The van der Waals surface area contributed by atoms with Crippen LogP contribution in [0.4, 0.5) is 0 Å². The smallest absolute Gasteiger partial charge is 0.163 e. The molecule has 0 aliphatic heterocycles. The maximum Gasteiger partial charge on any atom is 0.163 e. The summed E-state index contributed by atoms with van der Waals surface area (Å²) >= 11 is 0. The lowest BCUT2D eigenvalue weighted by Crippen LogP contribution is -1.99. The summed E-state index contributed by atoms with van der Waals surface area (Å²) in [5.74, 6) is 0.488. The Kier molecular flexibility index (Phi) is 6.90. The number of allylic oxidation sites excluding steroid dienone is 4. The first-order valence-electron chi connectivity index (χ1n) is 7.55. The van der Waals surface area contributed by atoms with E-state index in [-0.39, 0.29) is 11.5 Å². The molecule has 0 radical (unpaired) electrons. The molecule has 120 valence electrons. The largest absolute Gasteiger partial charge is 0.507 e. The third-order valence-electron chi connectivity index (χ3n) is 3.58. The lowest BCUT2D eigenvalue weighted by molar-refractivity contribution is 0.101. The maximum absolute atomic E-state index is 11.5. The lowest BCUT2D eigenvalue weighted by Gasteiger charge is -2.12. The van der Waals surface area contributed by atoms with Crippen LogP contribution < -0.4 is 4.74 Å². The van der Waals surface area contributed by atoms with Crippen molar-refractivity contribution >= 4 is 5.78 Å². The third-order valence-corrected chi connectivity index (χ3v) is 3.58. The molecule has 1 N–H and O–H groups in total. The van der Waals surface area contributed by atoms with Gasteiger partial charge in [-0.1, -0.05) is 23.3 Å². The van der Waals surface area contributed by atoms with Crippen LogP contribution in [-0.2, 0) is 6.42 Å². The summed E-state index contributed by atoms with van der Waals surface area (Å²) in [4.78, 5) is 11.5. The molecule has 0 bridgehead atoms. The standard InChI is InChI=1S/C19H26O3/c1-13(2)7-6-8-14(3)9-10-17-18(22-5)12-11-16(15(4)20)19(17)21/h7,9,11-12,21H,6,8,10H2,1-5H3. The van der Waals surface area contributed by atoms with E-state index in [9.17, 15) is 9.90 Å². The van der Waals surface area contributed by atoms with Crippen LogP contribution in [0.5, 0.6) is 11.5 Å². The van der Waals surface area contributed by atoms with Crippen LogP contribution in [-0.4, -0.2) is 18.0 Å². The molecular weight excluding hydrogens is 276 g/mol. The van der Waals surface area contributed by atoms with Crippen LogP contribution in [0.25, 0.3) is 0 Å². The number of benzene rings is 1. The van der Waals surface area contributed by atoms with Gasteiger partial charge in [0, 0.05) is 5.56 Å². The van der Waals surface area contributed by atoms with Crippen molar-refractivity contribution < 1.29 is 14.6 Å².